The minimum atomic E-state index is -0.0357. The third-order valence-electron chi connectivity index (χ3n) is 3.90. The molecule has 3 N–H and O–H groups in total. The first kappa shape index (κ1) is 15.3. The largest absolute Gasteiger partial charge is 0.383 e. The van der Waals surface area contributed by atoms with Crippen LogP contribution in [0.2, 0.25) is 0 Å². The van der Waals surface area contributed by atoms with E-state index in [9.17, 15) is 4.79 Å². The third kappa shape index (κ3) is 2.71. The molecule has 3 heterocycles. The number of nitrogens with two attached hydrogens (primary N) is 1. The van der Waals surface area contributed by atoms with Crippen molar-refractivity contribution in [2.24, 2.45) is 0 Å². The number of aromatic amines is 1. The number of rotatable bonds is 2. The van der Waals surface area contributed by atoms with Gasteiger partial charge in [0, 0.05) is 22.0 Å². The highest BCUT2D eigenvalue weighted by Gasteiger charge is 2.21. The van der Waals surface area contributed by atoms with Gasteiger partial charge < -0.3 is 20.4 Å². The number of benzene rings is 1. The Hall–Kier alpha value is -2.20. The number of H-pyrrole nitrogens is 1. The van der Waals surface area contributed by atoms with Gasteiger partial charge in [-0.25, -0.2) is 9.97 Å². The summed E-state index contributed by atoms with van der Waals surface area (Å²) in [7, 11) is 0. The lowest BCUT2D eigenvalue weighted by atomic mass is 10.2. The van der Waals surface area contributed by atoms with Crippen LogP contribution in [0.5, 0.6) is 0 Å². The molecule has 1 aliphatic rings. The van der Waals surface area contributed by atoms with Crippen LogP contribution in [-0.2, 0) is 9.53 Å². The lowest BCUT2D eigenvalue weighted by Gasteiger charge is -2.26. The van der Waals surface area contributed by atoms with Crippen LogP contribution in [0.4, 0.5) is 11.5 Å². The van der Waals surface area contributed by atoms with Crippen molar-refractivity contribution in [3.8, 4) is 11.4 Å². The van der Waals surface area contributed by atoms with Gasteiger partial charge >= 0.3 is 0 Å². The Bertz CT molecular complexity index is 939. The van der Waals surface area contributed by atoms with Gasteiger partial charge in [-0.2, -0.15) is 0 Å². The van der Waals surface area contributed by atoms with E-state index in [0.29, 0.717) is 24.8 Å². The van der Waals surface area contributed by atoms with Gasteiger partial charge in [-0.15, -0.1) is 0 Å². The molecule has 24 heavy (non-hydrogen) atoms. The van der Waals surface area contributed by atoms with Gasteiger partial charge in [0.1, 0.15) is 18.2 Å². The number of nitrogen functional groups attached to an aromatic ring is 1. The van der Waals surface area contributed by atoms with E-state index in [-0.39, 0.29) is 12.5 Å². The molecule has 1 aliphatic heterocycles. The van der Waals surface area contributed by atoms with Crippen molar-refractivity contribution < 1.29 is 9.53 Å². The molecule has 0 saturated carbocycles. The van der Waals surface area contributed by atoms with Gasteiger partial charge in [-0.1, -0.05) is 0 Å². The number of hydrogen-bond acceptors (Lipinski definition) is 5. The van der Waals surface area contributed by atoms with Crippen LogP contribution >= 0.6 is 22.6 Å². The Morgan fingerprint density at radius 3 is 3.04 bits per heavy atom. The van der Waals surface area contributed by atoms with Crippen LogP contribution in [0.1, 0.15) is 0 Å². The summed E-state index contributed by atoms with van der Waals surface area (Å²) in [4.78, 5) is 25.7. The highest BCUT2D eigenvalue weighted by atomic mass is 127. The number of ether oxygens (including phenoxy) is 1. The number of anilines is 2. The van der Waals surface area contributed by atoms with E-state index in [4.69, 9.17) is 10.5 Å². The number of aromatic nitrogens is 3. The van der Waals surface area contributed by atoms with Gasteiger partial charge in [-0.05, 0) is 46.9 Å². The van der Waals surface area contributed by atoms with Crippen LogP contribution in [0.15, 0.2) is 30.5 Å². The number of morpholine rings is 1. The van der Waals surface area contributed by atoms with E-state index in [0.717, 1.165) is 25.9 Å². The Balaban J connectivity index is 1.76. The van der Waals surface area contributed by atoms with Gasteiger partial charge in [-0.3, -0.25) is 4.79 Å². The molecule has 122 valence electrons. The molecular weight excluding hydrogens is 421 g/mol. The molecule has 0 atom stereocenters. The van der Waals surface area contributed by atoms with Crippen molar-refractivity contribution in [2.75, 3.05) is 30.4 Å². The van der Waals surface area contributed by atoms with Crippen molar-refractivity contribution in [2.45, 2.75) is 0 Å². The Morgan fingerprint density at radius 2 is 2.21 bits per heavy atom. The minimum Gasteiger partial charge on any atom is -0.383 e. The minimum absolute atomic E-state index is 0.0357. The molecule has 1 aromatic carbocycles. The molecule has 1 saturated heterocycles. The van der Waals surface area contributed by atoms with Crippen LogP contribution in [0.25, 0.3) is 22.4 Å². The number of nitrogens with zero attached hydrogens (tertiary/aromatic N) is 3. The van der Waals surface area contributed by atoms with Crippen LogP contribution in [0.3, 0.4) is 0 Å². The molecule has 0 spiro atoms. The summed E-state index contributed by atoms with van der Waals surface area (Å²) in [6, 6.07) is 7.65. The maximum Gasteiger partial charge on any atom is 0.253 e. The third-order valence-corrected chi connectivity index (χ3v) is 4.49. The second-order valence-electron chi connectivity index (χ2n) is 5.47. The Morgan fingerprint density at radius 1 is 1.33 bits per heavy atom. The number of nitrogens with one attached hydrogen (secondary N) is 1. The van der Waals surface area contributed by atoms with E-state index >= 15 is 0 Å². The summed E-state index contributed by atoms with van der Waals surface area (Å²) < 4.78 is 6.16. The fraction of sp³-hybridized carbons (Fsp3) is 0.188. The molecule has 1 fully saturated rings. The van der Waals surface area contributed by atoms with Crippen molar-refractivity contribution in [3.63, 3.8) is 0 Å². The molecule has 0 radical (unpaired) electrons. The predicted molar refractivity (Wildman–Crippen MR) is 99.6 cm³/mol. The number of halogens is 1. The first-order chi connectivity index (χ1) is 11.6. The number of amides is 1. The lowest BCUT2D eigenvalue weighted by molar-refractivity contribution is -0.125. The Kier molecular flexibility index (Phi) is 3.85. The normalized spacial score (nSPS) is 15.2. The molecule has 4 rings (SSSR count). The van der Waals surface area contributed by atoms with Crippen LogP contribution in [0, 0.1) is 3.57 Å². The summed E-state index contributed by atoms with van der Waals surface area (Å²) in [6.45, 7) is 1.22. The molecule has 8 heteroatoms. The van der Waals surface area contributed by atoms with Crippen molar-refractivity contribution in [1.82, 2.24) is 15.0 Å². The molecule has 7 nitrogen and oxygen atoms in total. The summed E-state index contributed by atoms with van der Waals surface area (Å²) >= 11 is 2.19. The summed E-state index contributed by atoms with van der Waals surface area (Å²) in [5.41, 5.74) is 9.23. The smallest absolute Gasteiger partial charge is 0.253 e. The standard InChI is InChI=1S/C16H14IN5O2/c17-9-5-11(15(18)19-7-9)16-20-12-2-1-10(6-13(12)21-16)22-3-4-24-8-14(22)23/h1-2,5-7H,3-4,8H2,(H2,18,19)(H,20,21). The molecule has 2 aromatic heterocycles. The molecule has 0 bridgehead atoms. The van der Waals surface area contributed by atoms with Gasteiger partial charge in [0.15, 0.2) is 0 Å². The summed E-state index contributed by atoms with van der Waals surface area (Å²) in [6.07, 6.45) is 1.71. The zero-order valence-electron chi connectivity index (χ0n) is 12.6. The van der Waals surface area contributed by atoms with E-state index in [2.05, 4.69) is 37.5 Å². The zero-order valence-corrected chi connectivity index (χ0v) is 14.8. The number of imidazole rings is 1. The first-order valence-corrected chi connectivity index (χ1v) is 8.49. The summed E-state index contributed by atoms with van der Waals surface area (Å²) in [5.74, 6) is 1.06. The SMILES string of the molecule is Nc1ncc(I)cc1-c1nc2ccc(N3CCOCC3=O)cc2[nH]1. The zero-order chi connectivity index (χ0) is 16.7. The molecule has 0 unspecified atom stereocenters. The maximum absolute atomic E-state index is 12.0. The highest BCUT2D eigenvalue weighted by Crippen LogP contribution is 2.28. The molecule has 1 amide bonds. The lowest BCUT2D eigenvalue weighted by Crippen LogP contribution is -2.41. The van der Waals surface area contributed by atoms with Crippen molar-refractivity contribution in [1.29, 1.82) is 0 Å². The molecule has 3 aromatic rings. The fourth-order valence-electron chi connectivity index (χ4n) is 2.72. The molecule has 0 aliphatic carbocycles. The average Bonchev–Trinajstić information content (AvgIpc) is 3.00. The van der Waals surface area contributed by atoms with Crippen LogP contribution < -0.4 is 10.6 Å². The van der Waals surface area contributed by atoms with Crippen LogP contribution in [-0.4, -0.2) is 40.6 Å². The second kappa shape index (κ2) is 6.02. The van der Waals surface area contributed by atoms with Crippen molar-refractivity contribution >= 4 is 51.0 Å². The van der Waals surface area contributed by atoms with Gasteiger partial charge in [0.2, 0.25) is 0 Å². The van der Waals surface area contributed by atoms with E-state index in [1.807, 2.05) is 24.3 Å². The number of fused-ring (bicyclic) bond motifs is 1. The average molecular weight is 435 g/mol. The summed E-state index contributed by atoms with van der Waals surface area (Å²) in [5, 5.41) is 0. The van der Waals surface area contributed by atoms with Crippen molar-refractivity contribution in [3.05, 3.63) is 34.0 Å². The maximum atomic E-state index is 12.0. The Labute approximate surface area is 151 Å². The quantitative estimate of drug-likeness (QED) is 0.602. The predicted octanol–water partition coefficient (Wildman–Crippen LogP) is 2.17. The van der Waals surface area contributed by atoms with E-state index in [1.165, 1.54) is 0 Å². The highest BCUT2D eigenvalue weighted by molar-refractivity contribution is 14.1. The fourth-order valence-corrected chi connectivity index (χ4v) is 3.17. The second-order valence-corrected chi connectivity index (χ2v) is 6.72. The molecular formula is C16H14IN5O2. The number of hydrogen-bond donors (Lipinski definition) is 2. The van der Waals surface area contributed by atoms with Gasteiger partial charge in [0.05, 0.1) is 23.2 Å². The monoisotopic (exact) mass is 435 g/mol. The van der Waals surface area contributed by atoms with Gasteiger partial charge in [0.25, 0.3) is 5.91 Å². The first-order valence-electron chi connectivity index (χ1n) is 7.41. The number of pyridine rings is 1. The van der Waals surface area contributed by atoms with E-state index < -0.39 is 0 Å². The number of carbonyl (C=O) groups excluding carboxylic acids is 1. The van der Waals surface area contributed by atoms with E-state index in [1.54, 1.807) is 11.1 Å². The topological polar surface area (TPSA) is 97.1 Å². The number of carbonyl (C=O) groups is 1.